The molecule has 0 aliphatic carbocycles. The van der Waals surface area contributed by atoms with Gasteiger partial charge in [-0.1, -0.05) is 27.0 Å². The van der Waals surface area contributed by atoms with E-state index in [0.717, 1.165) is 32.1 Å². The number of aliphatic hydroxyl groups is 2. The number of rotatable bonds is 8. The van der Waals surface area contributed by atoms with Crippen LogP contribution >= 0.6 is 0 Å². The van der Waals surface area contributed by atoms with Crippen molar-refractivity contribution < 1.29 is 30.0 Å². The van der Waals surface area contributed by atoms with Crippen molar-refractivity contribution in [2.75, 3.05) is 6.61 Å². The Morgan fingerprint density at radius 1 is 0.913 bits per heavy atom. The van der Waals surface area contributed by atoms with E-state index in [1.807, 2.05) is 13.8 Å². The minimum atomic E-state index is -0.935. The van der Waals surface area contributed by atoms with Crippen molar-refractivity contribution in [3.63, 3.8) is 0 Å². The molecule has 0 aliphatic rings. The molecule has 0 radical (unpaired) electrons. The van der Waals surface area contributed by atoms with Crippen LogP contribution in [-0.2, 0) is 9.59 Å². The normalized spacial score (nSPS) is 9.65. The highest BCUT2D eigenvalue weighted by Crippen LogP contribution is 2.21. The maximum Gasteiger partial charge on any atom is 0.330 e. The summed E-state index contributed by atoms with van der Waals surface area (Å²) in [4.78, 5) is 19.2. The third kappa shape index (κ3) is 20.3. The minimum Gasteiger partial charge on any atom is -0.478 e. The number of aliphatic hydroxyl groups excluding tert-OH is 1. The first kappa shape index (κ1) is 26.2. The second kappa shape index (κ2) is 15.2. The lowest BCUT2D eigenvalue weighted by atomic mass is 9.91. The molecule has 0 saturated carbocycles. The number of carboxylic acids is 2. The lowest BCUT2D eigenvalue weighted by molar-refractivity contribution is -0.133. The van der Waals surface area contributed by atoms with Crippen molar-refractivity contribution >= 4 is 11.9 Å². The van der Waals surface area contributed by atoms with Crippen LogP contribution in [0.5, 0.6) is 0 Å². The van der Waals surface area contributed by atoms with Crippen LogP contribution in [0.25, 0.3) is 0 Å². The molecule has 0 aromatic heterocycles. The fourth-order valence-corrected chi connectivity index (χ4v) is 1.17. The summed E-state index contributed by atoms with van der Waals surface area (Å²) in [5, 5.41) is 34.1. The molecular formula is C17H32O6. The molecular weight excluding hydrogens is 300 g/mol. The molecule has 136 valence electrons. The highest BCUT2D eigenvalue weighted by Gasteiger charge is 2.20. The summed E-state index contributed by atoms with van der Waals surface area (Å²) in [6.45, 7) is 13.4. The molecule has 0 amide bonds. The molecule has 6 nitrogen and oxygen atoms in total. The van der Waals surface area contributed by atoms with E-state index in [1.165, 1.54) is 13.8 Å². The van der Waals surface area contributed by atoms with E-state index in [-0.39, 0.29) is 17.8 Å². The van der Waals surface area contributed by atoms with Gasteiger partial charge >= 0.3 is 11.9 Å². The van der Waals surface area contributed by atoms with E-state index in [4.69, 9.17) is 15.3 Å². The zero-order chi connectivity index (χ0) is 19.1. The molecule has 23 heavy (non-hydrogen) atoms. The van der Waals surface area contributed by atoms with Crippen LogP contribution in [-0.4, -0.2) is 44.6 Å². The molecule has 0 bridgehead atoms. The molecule has 0 saturated heterocycles. The maximum absolute atomic E-state index is 9.77. The molecule has 0 rings (SSSR count). The molecule has 0 atom stereocenters. The largest absolute Gasteiger partial charge is 0.478 e. The Hall–Kier alpha value is -1.66. The predicted molar refractivity (Wildman–Crippen MR) is 91.4 cm³/mol. The van der Waals surface area contributed by atoms with Gasteiger partial charge in [-0.2, -0.15) is 0 Å². The van der Waals surface area contributed by atoms with Crippen molar-refractivity contribution in [3.05, 3.63) is 24.3 Å². The van der Waals surface area contributed by atoms with E-state index in [9.17, 15) is 14.7 Å². The molecule has 0 spiro atoms. The fraction of sp³-hybridized carbons (Fsp3) is 0.647. The summed E-state index contributed by atoms with van der Waals surface area (Å²) in [6.07, 6.45) is 4.18. The molecule has 0 aromatic carbocycles. The van der Waals surface area contributed by atoms with Crippen molar-refractivity contribution in [3.8, 4) is 0 Å². The van der Waals surface area contributed by atoms with E-state index in [0.29, 0.717) is 0 Å². The Kier molecular flexibility index (Phi) is 17.4. The van der Waals surface area contributed by atoms with Gasteiger partial charge in [0.25, 0.3) is 0 Å². The van der Waals surface area contributed by atoms with Crippen LogP contribution < -0.4 is 0 Å². The quantitative estimate of drug-likeness (QED) is 0.401. The Morgan fingerprint density at radius 3 is 1.39 bits per heavy atom. The SMILES string of the molecule is C=C(C)C(=O)O.C=C(C)C(=O)O.CCC(O)(CC)CCCCO. The second-order valence-electron chi connectivity index (χ2n) is 5.28. The van der Waals surface area contributed by atoms with E-state index >= 15 is 0 Å². The number of hydrogen-bond acceptors (Lipinski definition) is 4. The van der Waals surface area contributed by atoms with Crippen LogP contribution in [0.2, 0.25) is 0 Å². The molecule has 0 fully saturated rings. The number of carbonyl (C=O) groups is 2. The number of hydrogen-bond donors (Lipinski definition) is 4. The van der Waals surface area contributed by atoms with Crippen molar-refractivity contribution in [2.24, 2.45) is 0 Å². The Balaban J connectivity index is -0.000000284. The average molecular weight is 332 g/mol. The first-order valence-corrected chi connectivity index (χ1v) is 7.58. The first-order chi connectivity index (χ1) is 10.5. The smallest absolute Gasteiger partial charge is 0.330 e. The topological polar surface area (TPSA) is 115 Å². The summed E-state index contributed by atoms with van der Waals surface area (Å²) in [7, 11) is 0. The fourth-order valence-electron chi connectivity index (χ4n) is 1.17. The van der Waals surface area contributed by atoms with Crippen molar-refractivity contribution in [2.45, 2.75) is 65.4 Å². The van der Waals surface area contributed by atoms with Crippen molar-refractivity contribution in [1.82, 2.24) is 0 Å². The molecule has 0 aliphatic heterocycles. The van der Waals surface area contributed by atoms with E-state index in [1.54, 1.807) is 0 Å². The molecule has 0 aromatic rings. The first-order valence-electron chi connectivity index (χ1n) is 7.58. The highest BCUT2D eigenvalue weighted by molar-refractivity contribution is 5.85. The molecule has 0 unspecified atom stereocenters. The van der Waals surface area contributed by atoms with E-state index in [2.05, 4.69) is 13.2 Å². The van der Waals surface area contributed by atoms with Gasteiger partial charge in [0.05, 0.1) is 5.60 Å². The minimum absolute atomic E-state index is 0.176. The summed E-state index contributed by atoms with van der Waals surface area (Å²) >= 11 is 0. The number of unbranched alkanes of at least 4 members (excludes halogenated alkanes) is 1. The average Bonchev–Trinajstić information content (AvgIpc) is 2.48. The van der Waals surface area contributed by atoms with Crippen LogP contribution in [0.4, 0.5) is 0 Å². The van der Waals surface area contributed by atoms with Crippen molar-refractivity contribution in [1.29, 1.82) is 0 Å². The standard InChI is InChI=1S/C9H20O2.2C4H6O2/c1-3-9(11,4-2)7-5-6-8-10;2*1-3(2)4(5)6/h10-11H,3-8H2,1-2H3;2*1H2,2H3,(H,5,6). The van der Waals surface area contributed by atoms with Gasteiger partial charge in [0.1, 0.15) is 0 Å². The van der Waals surface area contributed by atoms with Gasteiger partial charge < -0.3 is 20.4 Å². The Bertz CT molecular complexity index is 321. The second-order valence-corrected chi connectivity index (χ2v) is 5.28. The summed E-state index contributed by atoms with van der Waals surface area (Å²) < 4.78 is 0. The Morgan fingerprint density at radius 2 is 1.22 bits per heavy atom. The summed E-state index contributed by atoms with van der Waals surface area (Å²) in [5.74, 6) is -1.87. The van der Waals surface area contributed by atoms with E-state index < -0.39 is 17.5 Å². The predicted octanol–water partition coefficient (Wildman–Crippen LogP) is 2.99. The van der Waals surface area contributed by atoms with Gasteiger partial charge in [0.2, 0.25) is 0 Å². The summed E-state index contributed by atoms with van der Waals surface area (Å²) in [6, 6.07) is 0. The third-order valence-electron chi connectivity index (χ3n) is 3.10. The third-order valence-corrected chi connectivity index (χ3v) is 3.10. The lowest BCUT2D eigenvalue weighted by Crippen LogP contribution is -2.26. The van der Waals surface area contributed by atoms with Gasteiger partial charge in [0.15, 0.2) is 0 Å². The zero-order valence-electron chi connectivity index (χ0n) is 14.8. The van der Waals surface area contributed by atoms with Gasteiger partial charge in [-0.15, -0.1) is 0 Å². The number of carboxylic acid groups (broad SMARTS) is 2. The van der Waals surface area contributed by atoms with Crippen LogP contribution in [0.15, 0.2) is 24.3 Å². The van der Waals surface area contributed by atoms with Gasteiger partial charge in [-0.25, -0.2) is 9.59 Å². The van der Waals surface area contributed by atoms with Crippen LogP contribution in [0, 0.1) is 0 Å². The maximum atomic E-state index is 9.77. The lowest BCUT2D eigenvalue weighted by Gasteiger charge is -2.24. The van der Waals surface area contributed by atoms with Crippen LogP contribution in [0.1, 0.15) is 59.8 Å². The van der Waals surface area contributed by atoms with Gasteiger partial charge in [-0.3, -0.25) is 0 Å². The molecule has 4 N–H and O–H groups in total. The van der Waals surface area contributed by atoms with Crippen LogP contribution in [0.3, 0.4) is 0 Å². The molecule has 6 heteroatoms. The summed E-state index contributed by atoms with van der Waals surface area (Å²) in [5.41, 5.74) is -0.125. The van der Waals surface area contributed by atoms with Gasteiger partial charge in [-0.05, 0) is 46.0 Å². The van der Waals surface area contributed by atoms with Gasteiger partial charge in [0, 0.05) is 17.8 Å². The highest BCUT2D eigenvalue weighted by atomic mass is 16.4. The monoisotopic (exact) mass is 332 g/mol. The molecule has 0 heterocycles. The Labute approximate surface area is 139 Å². The zero-order valence-corrected chi connectivity index (χ0v) is 14.8. The number of aliphatic carboxylic acids is 2.